The largest absolute Gasteiger partial charge is 0.490 e. The monoisotopic (exact) mass is 785 g/mol. The van der Waals surface area contributed by atoms with Gasteiger partial charge in [0.2, 0.25) is 0 Å². The van der Waals surface area contributed by atoms with Crippen molar-refractivity contribution in [3.05, 3.63) is 126 Å². The summed E-state index contributed by atoms with van der Waals surface area (Å²) in [6, 6.07) is 32.1. The Morgan fingerprint density at radius 1 is 0.857 bits per heavy atom. The van der Waals surface area contributed by atoms with Gasteiger partial charge in [-0.1, -0.05) is 87.5 Å². The van der Waals surface area contributed by atoms with Crippen molar-refractivity contribution in [3.63, 3.8) is 0 Å². The van der Waals surface area contributed by atoms with Crippen molar-refractivity contribution >= 4 is 51.0 Å². The Kier molecular flexibility index (Phi) is 9.04. The van der Waals surface area contributed by atoms with Crippen LogP contribution in [0, 0.1) is 17.0 Å². The molecule has 2 bridgehead atoms. The lowest BCUT2D eigenvalue weighted by Crippen LogP contribution is -2.71. The van der Waals surface area contributed by atoms with Gasteiger partial charge in [0, 0.05) is 64.9 Å². The lowest BCUT2D eigenvalue weighted by Gasteiger charge is -2.71. The molecule has 56 heavy (non-hydrogen) atoms. The van der Waals surface area contributed by atoms with Crippen LogP contribution >= 0.6 is 11.3 Å². The number of aromatic nitrogens is 3. The molecule has 10 rings (SSSR count). The van der Waals surface area contributed by atoms with E-state index in [9.17, 15) is 4.39 Å². The number of fused-ring (bicyclic) bond motifs is 2. The second-order valence-electron chi connectivity index (χ2n) is 16.8. The molecule has 3 heterocycles. The van der Waals surface area contributed by atoms with E-state index in [4.69, 9.17) is 18.9 Å². The van der Waals surface area contributed by atoms with Crippen molar-refractivity contribution in [2.45, 2.75) is 50.5 Å². The second kappa shape index (κ2) is 13.7. The molecule has 3 fully saturated rings. The maximum Gasteiger partial charge on any atom is 0.261 e. The van der Waals surface area contributed by atoms with E-state index in [1.165, 1.54) is 16.4 Å². The highest BCUT2D eigenvalue weighted by molar-refractivity contribution is 7.18. The average molecular weight is 786 g/mol. The first-order valence-corrected chi connectivity index (χ1v) is 22.0. The fourth-order valence-electron chi connectivity index (χ4n) is 9.74. The fraction of sp³-hybridized carbons (Fsp3) is 0.304. The molecule has 0 N–H and O–H groups in total. The van der Waals surface area contributed by atoms with E-state index in [1.54, 1.807) is 18.4 Å². The molecule has 3 aliphatic carbocycles. The highest BCUT2D eigenvalue weighted by Gasteiger charge is 2.70. The van der Waals surface area contributed by atoms with E-state index in [2.05, 4.69) is 111 Å². The molecule has 0 amide bonds. The molecule has 10 heteroatoms. The number of nitrogens with zero attached hydrogens (tertiary/aromatic N) is 3. The molecular weight excluding hydrogens is 741 g/mol. The van der Waals surface area contributed by atoms with Gasteiger partial charge in [-0.05, 0) is 63.7 Å². The molecule has 0 atom stereocenters. The fourth-order valence-corrected chi connectivity index (χ4v) is 15.4. The van der Waals surface area contributed by atoms with Crippen LogP contribution in [0.1, 0.15) is 45.7 Å². The van der Waals surface area contributed by atoms with Crippen LogP contribution in [0.3, 0.4) is 0 Å². The van der Waals surface area contributed by atoms with Crippen LogP contribution in [0.5, 0.6) is 5.75 Å². The lowest BCUT2D eigenvalue weighted by atomic mass is 9.34. The van der Waals surface area contributed by atoms with Gasteiger partial charge in [-0.2, -0.15) is 5.10 Å². The summed E-state index contributed by atoms with van der Waals surface area (Å²) >= 11 is 1.55. The third kappa shape index (κ3) is 5.83. The maximum absolute atomic E-state index is 16.4. The average Bonchev–Trinajstić information content (AvgIpc) is 3.79. The lowest BCUT2D eigenvalue weighted by molar-refractivity contribution is -0.165. The molecule has 4 aromatic carbocycles. The number of aryl methyl sites for hydroxylation is 1. The first kappa shape index (κ1) is 36.9. The van der Waals surface area contributed by atoms with Crippen LogP contribution < -0.4 is 15.1 Å². The molecule has 3 saturated carbocycles. The number of pyridine rings is 1. The second-order valence-corrected chi connectivity index (χ2v) is 22.0. The Morgan fingerprint density at radius 2 is 1.55 bits per heavy atom. The molecule has 0 radical (unpaired) electrons. The molecule has 6 nitrogen and oxygen atoms in total. The molecular formula is C46H45F2N3O3SSi. The van der Waals surface area contributed by atoms with Gasteiger partial charge in [-0.25, -0.2) is 8.78 Å². The Balaban J connectivity index is 1.15. The molecule has 3 aliphatic rings. The van der Waals surface area contributed by atoms with Gasteiger partial charge in [0.05, 0.1) is 35.3 Å². The minimum atomic E-state index is -2.75. The first-order chi connectivity index (χ1) is 27.0. The number of ether oxygens (including phenoxy) is 2. The maximum atomic E-state index is 16.4. The zero-order valence-electron chi connectivity index (χ0n) is 32.4. The third-order valence-corrected chi connectivity index (χ3v) is 18.0. The van der Waals surface area contributed by atoms with E-state index < -0.39 is 20.0 Å². The van der Waals surface area contributed by atoms with E-state index in [-0.39, 0.29) is 40.4 Å². The number of thiophene rings is 1. The van der Waals surface area contributed by atoms with Gasteiger partial charge in [0.1, 0.15) is 24.0 Å². The van der Waals surface area contributed by atoms with Gasteiger partial charge in [-0.3, -0.25) is 9.67 Å². The minimum Gasteiger partial charge on any atom is -0.490 e. The summed E-state index contributed by atoms with van der Waals surface area (Å²) in [6.45, 7) is 7.99. The summed E-state index contributed by atoms with van der Waals surface area (Å²) in [5.74, 6) is -1.21. The third-order valence-electron chi connectivity index (χ3n) is 12.1. The normalized spacial score (nSPS) is 19.3. The predicted molar refractivity (Wildman–Crippen MR) is 224 cm³/mol. The van der Waals surface area contributed by atoms with Crippen LogP contribution in [0.25, 0.3) is 43.4 Å². The summed E-state index contributed by atoms with van der Waals surface area (Å²) < 4.78 is 52.9. The molecule has 0 unspecified atom stereocenters. The summed E-state index contributed by atoms with van der Waals surface area (Å²) in [6.07, 6.45) is 4.45. The summed E-state index contributed by atoms with van der Waals surface area (Å²) in [7, 11) is 0.755. The number of methoxy groups -OCH3 is 1. The van der Waals surface area contributed by atoms with Crippen LogP contribution in [0.2, 0.25) is 5.04 Å². The van der Waals surface area contributed by atoms with Crippen LogP contribution in [-0.2, 0) is 21.6 Å². The zero-order chi connectivity index (χ0) is 38.9. The Bertz CT molecular complexity index is 2530. The zero-order valence-corrected chi connectivity index (χ0v) is 34.2. The Morgan fingerprint density at radius 3 is 2.21 bits per heavy atom. The van der Waals surface area contributed by atoms with Crippen molar-refractivity contribution in [3.8, 4) is 28.1 Å². The van der Waals surface area contributed by atoms with E-state index in [1.807, 2.05) is 23.3 Å². The van der Waals surface area contributed by atoms with Crippen molar-refractivity contribution in [2.24, 2.45) is 12.5 Å². The smallest absolute Gasteiger partial charge is 0.261 e. The standard InChI is InChI=1S/C46H45F2N3O3SSi/c1-44(2,3)56(33-12-8-6-9-13-33,34-14-10-7-11-15-34)54-29-45-26-46(27-45,28-45)43-40(39-36(48)23-32(47)24-38(39)53-20-19-52-5)42-35(18-21-55-42)41(50-43)30-16-17-37-31(22-30)25-49-51(37)4/h6-18,21-25H,19-20,26-29H2,1-5H3. The number of benzene rings is 4. The summed E-state index contributed by atoms with van der Waals surface area (Å²) in [4.78, 5) is 5.55. The first-order valence-electron chi connectivity index (χ1n) is 19.2. The Labute approximate surface area is 331 Å². The highest BCUT2D eigenvalue weighted by Crippen LogP contribution is 2.75. The molecule has 3 aromatic heterocycles. The van der Waals surface area contributed by atoms with Gasteiger partial charge < -0.3 is 13.9 Å². The van der Waals surface area contributed by atoms with E-state index in [0.717, 1.165) is 63.3 Å². The molecule has 0 spiro atoms. The number of hydrogen-bond acceptors (Lipinski definition) is 6. The van der Waals surface area contributed by atoms with Crippen molar-refractivity contribution in [2.75, 3.05) is 26.9 Å². The summed E-state index contributed by atoms with van der Waals surface area (Å²) in [5.41, 5.74) is 4.27. The SMILES string of the molecule is COCCOc1cc(F)cc(F)c1-c1c(C23CC(CO[Si](c4ccccc4)(c4ccccc4)C(C)(C)C)(C2)C3)nc(-c2ccc3c(cnn3C)c2)c2ccsc12. The van der Waals surface area contributed by atoms with Gasteiger partial charge >= 0.3 is 0 Å². The summed E-state index contributed by atoms with van der Waals surface area (Å²) in [5, 5.41) is 10.8. The quantitative estimate of drug-likeness (QED) is 0.0913. The topological polar surface area (TPSA) is 58.4 Å². The predicted octanol–water partition coefficient (Wildman–Crippen LogP) is 9.82. The minimum absolute atomic E-state index is 0.0374. The molecule has 0 saturated heterocycles. The van der Waals surface area contributed by atoms with Gasteiger partial charge in [-0.15, -0.1) is 11.3 Å². The number of hydrogen-bond donors (Lipinski definition) is 0. The Hall–Kier alpha value is -4.74. The van der Waals surface area contributed by atoms with Crippen molar-refractivity contribution in [1.29, 1.82) is 0 Å². The van der Waals surface area contributed by atoms with Crippen LogP contribution in [0.4, 0.5) is 8.78 Å². The number of rotatable bonds is 12. The molecule has 286 valence electrons. The van der Waals surface area contributed by atoms with Gasteiger partial charge in [0.15, 0.2) is 0 Å². The van der Waals surface area contributed by atoms with Gasteiger partial charge in [0.25, 0.3) is 8.32 Å². The van der Waals surface area contributed by atoms with Crippen molar-refractivity contribution < 1.29 is 22.7 Å². The van der Waals surface area contributed by atoms with Crippen LogP contribution in [0.15, 0.2) is 109 Å². The van der Waals surface area contributed by atoms with Crippen molar-refractivity contribution in [1.82, 2.24) is 14.8 Å². The van der Waals surface area contributed by atoms with Crippen LogP contribution in [-0.4, -0.2) is 50.0 Å². The van der Waals surface area contributed by atoms with E-state index >= 15 is 4.39 Å². The number of halogens is 2. The van der Waals surface area contributed by atoms with E-state index in [0.29, 0.717) is 12.2 Å². The molecule has 7 aromatic rings. The molecule has 0 aliphatic heterocycles. The highest BCUT2D eigenvalue weighted by atomic mass is 32.1.